The Labute approximate surface area is 165 Å². The highest BCUT2D eigenvalue weighted by Crippen LogP contribution is 2.30. The first-order valence-corrected chi connectivity index (χ1v) is 11.0. The number of likely N-dealkylation sites (tertiary alicyclic amines) is 1. The molecule has 2 aliphatic rings. The number of hydrogen-bond donors (Lipinski definition) is 0. The molecule has 0 radical (unpaired) electrons. The highest BCUT2D eigenvalue weighted by atomic mass is 32.2. The Hall–Kier alpha value is -2.38. The number of sulfonamides is 1. The summed E-state index contributed by atoms with van der Waals surface area (Å²) in [5.74, 6) is 0.630. The molecule has 2 aromatic rings. The van der Waals surface area contributed by atoms with Crippen LogP contribution >= 0.6 is 0 Å². The van der Waals surface area contributed by atoms with Gasteiger partial charge >= 0.3 is 0 Å². The first-order valence-electron chi connectivity index (χ1n) is 9.59. The number of ether oxygens (including phenoxy) is 1. The quantitative estimate of drug-likeness (QED) is 0.795. The van der Waals surface area contributed by atoms with Crippen molar-refractivity contribution in [1.82, 2.24) is 9.21 Å². The molecule has 2 aromatic carbocycles. The van der Waals surface area contributed by atoms with Crippen molar-refractivity contribution in [3.8, 4) is 5.75 Å². The summed E-state index contributed by atoms with van der Waals surface area (Å²) in [7, 11) is -3.67. The Kier molecular flexibility index (Phi) is 5.12. The molecule has 1 atom stereocenters. The third kappa shape index (κ3) is 3.52. The first-order chi connectivity index (χ1) is 13.5. The molecule has 0 bridgehead atoms. The van der Waals surface area contributed by atoms with Gasteiger partial charge in [-0.25, -0.2) is 8.42 Å². The SMILES string of the molecule is CC1COc2ccc(C(=O)N3CCCC3)cc2CN1S(=O)(=O)c1ccccc1. The number of rotatable bonds is 3. The summed E-state index contributed by atoms with van der Waals surface area (Å²) in [6.07, 6.45) is 2.06. The Morgan fingerprint density at radius 1 is 1.07 bits per heavy atom. The predicted molar refractivity (Wildman–Crippen MR) is 106 cm³/mol. The van der Waals surface area contributed by atoms with Crippen LogP contribution in [0.1, 0.15) is 35.7 Å². The van der Waals surface area contributed by atoms with Gasteiger partial charge in [-0.1, -0.05) is 18.2 Å². The van der Waals surface area contributed by atoms with E-state index in [-0.39, 0.29) is 30.0 Å². The van der Waals surface area contributed by atoms with Crippen LogP contribution in [0.5, 0.6) is 5.75 Å². The van der Waals surface area contributed by atoms with Gasteiger partial charge in [-0.15, -0.1) is 0 Å². The average Bonchev–Trinajstić information content (AvgIpc) is 3.19. The van der Waals surface area contributed by atoms with E-state index in [9.17, 15) is 13.2 Å². The van der Waals surface area contributed by atoms with Crippen LogP contribution in [-0.4, -0.2) is 49.3 Å². The molecule has 0 spiro atoms. The second kappa shape index (κ2) is 7.56. The lowest BCUT2D eigenvalue weighted by Crippen LogP contribution is -2.39. The molecule has 1 unspecified atom stereocenters. The zero-order valence-electron chi connectivity index (χ0n) is 15.9. The number of carbonyl (C=O) groups excluding carboxylic acids is 1. The number of amides is 1. The number of hydrogen-bond acceptors (Lipinski definition) is 4. The molecule has 6 nitrogen and oxygen atoms in total. The fraction of sp³-hybridized carbons (Fsp3) is 0.381. The molecule has 0 N–H and O–H groups in total. The van der Waals surface area contributed by atoms with E-state index in [4.69, 9.17) is 4.74 Å². The average molecular weight is 400 g/mol. The molecule has 1 fully saturated rings. The lowest BCUT2D eigenvalue weighted by atomic mass is 10.1. The standard InChI is InChI=1S/C21H24N2O4S/c1-16-15-27-20-10-9-17(21(24)22-11-5-6-12-22)13-18(20)14-23(16)28(25,26)19-7-3-2-4-8-19/h2-4,7-10,13,16H,5-6,11-12,14-15H2,1H3. The van der Waals surface area contributed by atoms with Crippen molar-refractivity contribution in [1.29, 1.82) is 0 Å². The fourth-order valence-electron chi connectivity index (χ4n) is 3.75. The molecule has 2 heterocycles. The summed E-state index contributed by atoms with van der Waals surface area (Å²) in [6, 6.07) is 13.4. The van der Waals surface area contributed by atoms with Crippen molar-refractivity contribution in [2.75, 3.05) is 19.7 Å². The Bertz CT molecular complexity index is 969. The molecule has 2 aliphatic heterocycles. The molecular formula is C21H24N2O4S. The van der Waals surface area contributed by atoms with Gasteiger partial charge in [0.05, 0.1) is 10.9 Å². The van der Waals surface area contributed by atoms with Gasteiger partial charge in [0.2, 0.25) is 10.0 Å². The van der Waals surface area contributed by atoms with E-state index in [2.05, 4.69) is 0 Å². The Morgan fingerprint density at radius 2 is 1.79 bits per heavy atom. The molecule has 1 amide bonds. The summed E-state index contributed by atoms with van der Waals surface area (Å²) < 4.78 is 33.7. The maximum absolute atomic E-state index is 13.2. The smallest absolute Gasteiger partial charge is 0.253 e. The minimum absolute atomic E-state index is 0.00457. The van der Waals surface area contributed by atoms with E-state index < -0.39 is 10.0 Å². The molecule has 1 saturated heterocycles. The largest absolute Gasteiger partial charge is 0.492 e. The van der Waals surface area contributed by atoms with Gasteiger partial charge in [0.15, 0.2) is 0 Å². The normalized spacial score (nSPS) is 20.3. The van der Waals surface area contributed by atoms with Crippen LogP contribution in [0.25, 0.3) is 0 Å². The summed E-state index contributed by atoms with van der Waals surface area (Å²) in [5, 5.41) is 0. The van der Waals surface area contributed by atoms with Crippen LogP contribution in [0.4, 0.5) is 0 Å². The highest BCUT2D eigenvalue weighted by Gasteiger charge is 2.33. The van der Waals surface area contributed by atoms with Gasteiger partial charge in [0, 0.05) is 30.8 Å². The lowest BCUT2D eigenvalue weighted by Gasteiger charge is -2.25. The van der Waals surface area contributed by atoms with E-state index in [1.54, 1.807) is 48.5 Å². The van der Waals surface area contributed by atoms with Crippen LogP contribution in [0.15, 0.2) is 53.4 Å². The Morgan fingerprint density at radius 3 is 2.50 bits per heavy atom. The monoisotopic (exact) mass is 400 g/mol. The van der Waals surface area contributed by atoms with Crippen molar-refractivity contribution in [3.05, 3.63) is 59.7 Å². The summed E-state index contributed by atoms with van der Waals surface area (Å²) in [4.78, 5) is 14.8. The zero-order valence-corrected chi connectivity index (χ0v) is 16.7. The van der Waals surface area contributed by atoms with Gasteiger partial charge in [-0.05, 0) is 50.1 Å². The van der Waals surface area contributed by atoms with Gasteiger partial charge < -0.3 is 9.64 Å². The molecule has 4 rings (SSSR count). The van der Waals surface area contributed by atoms with Gasteiger partial charge in [0.25, 0.3) is 5.91 Å². The molecule has 28 heavy (non-hydrogen) atoms. The van der Waals surface area contributed by atoms with E-state index in [1.165, 1.54) is 4.31 Å². The van der Waals surface area contributed by atoms with Gasteiger partial charge in [0.1, 0.15) is 12.4 Å². The van der Waals surface area contributed by atoms with Gasteiger partial charge in [-0.2, -0.15) is 4.31 Å². The van der Waals surface area contributed by atoms with Crippen molar-refractivity contribution < 1.29 is 17.9 Å². The maximum atomic E-state index is 13.2. The second-order valence-corrected chi connectivity index (χ2v) is 9.24. The summed E-state index contributed by atoms with van der Waals surface area (Å²) in [6.45, 7) is 3.83. The fourth-order valence-corrected chi connectivity index (χ4v) is 5.36. The maximum Gasteiger partial charge on any atom is 0.253 e. The van der Waals surface area contributed by atoms with Crippen molar-refractivity contribution in [2.24, 2.45) is 0 Å². The van der Waals surface area contributed by atoms with E-state index in [0.29, 0.717) is 16.9 Å². The van der Waals surface area contributed by atoms with Crippen molar-refractivity contribution in [2.45, 2.75) is 37.2 Å². The van der Waals surface area contributed by atoms with Crippen LogP contribution in [0.2, 0.25) is 0 Å². The van der Waals surface area contributed by atoms with E-state index in [1.807, 2.05) is 11.8 Å². The first kappa shape index (κ1) is 19.0. The molecule has 148 valence electrons. The third-order valence-electron chi connectivity index (χ3n) is 5.35. The molecule has 0 aromatic heterocycles. The minimum Gasteiger partial charge on any atom is -0.492 e. The molecule has 7 heteroatoms. The highest BCUT2D eigenvalue weighted by molar-refractivity contribution is 7.89. The predicted octanol–water partition coefficient (Wildman–Crippen LogP) is 2.89. The number of carbonyl (C=O) groups is 1. The van der Waals surface area contributed by atoms with E-state index in [0.717, 1.165) is 25.9 Å². The molecule has 0 saturated carbocycles. The lowest BCUT2D eigenvalue weighted by molar-refractivity contribution is 0.0792. The molecule has 0 aliphatic carbocycles. The van der Waals surface area contributed by atoms with E-state index >= 15 is 0 Å². The summed E-state index contributed by atoms with van der Waals surface area (Å²) >= 11 is 0. The van der Waals surface area contributed by atoms with Crippen LogP contribution in [0, 0.1) is 0 Å². The Balaban J connectivity index is 1.67. The van der Waals surface area contributed by atoms with Crippen LogP contribution < -0.4 is 4.74 Å². The second-order valence-electron chi connectivity index (χ2n) is 7.35. The van der Waals surface area contributed by atoms with Crippen molar-refractivity contribution >= 4 is 15.9 Å². The molecular weight excluding hydrogens is 376 g/mol. The zero-order chi connectivity index (χ0) is 19.7. The number of benzene rings is 2. The van der Waals surface area contributed by atoms with Crippen LogP contribution in [-0.2, 0) is 16.6 Å². The summed E-state index contributed by atoms with van der Waals surface area (Å²) in [5.41, 5.74) is 1.30. The number of nitrogens with zero attached hydrogens (tertiary/aromatic N) is 2. The van der Waals surface area contributed by atoms with Crippen LogP contribution in [0.3, 0.4) is 0 Å². The van der Waals surface area contributed by atoms with Crippen molar-refractivity contribution in [3.63, 3.8) is 0 Å². The topological polar surface area (TPSA) is 66.9 Å². The third-order valence-corrected chi connectivity index (χ3v) is 7.32. The number of fused-ring (bicyclic) bond motifs is 1. The van der Waals surface area contributed by atoms with Gasteiger partial charge in [-0.3, -0.25) is 4.79 Å². The minimum atomic E-state index is -3.67.